The Morgan fingerprint density at radius 1 is 1.62 bits per heavy atom. The van der Waals surface area contributed by atoms with Gasteiger partial charge in [0.1, 0.15) is 0 Å². The molecule has 0 bridgehead atoms. The maximum absolute atomic E-state index is 8.92. The van der Waals surface area contributed by atoms with Gasteiger partial charge in [0.25, 0.3) is 0 Å². The van der Waals surface area contributed by atoms with E-state index in [1.54, 1.807) is 11.3 Å². The van der Waals surface area contributed by atoms with E-state index < -0.39 is 0 Å². The molecule has 1 aromatic heterocycles. The number of aryl methyl sites for hydroxylation is 1. The van der Waals surface area contributed by atoms with Gasteiger partial charge in [-0.2, -0.15) is 0 Å². The number of aliphatic hydroxyl groups is 1. The van der Waals surface area contributed by atoms with Gasteiger partial charge in [0.2, 0.25) is 0 Å². The third-order valence-electron chi connectivity index (χ3n) is 2.09. The molecular weight excluding hydrogens is 182 g/mol. The molecule has 0 saturated heterocycles. The SMILES string of the molecule is CCNC(CCO)c1sccc1C. The molecule has 1 unspecified atom stereocenters. The molecule has 74 valence electrons. The van der Waals surface area contributed by atoms with Gasteiger partial charge in [0.05, 0.1) is 0 Å². The van der Waals surface area contributed by atoms with Gasteiger partial charge in [0.15, 0.2) is 0 Å². The van der Waals surface area contributed by atoms with E-state index in [1.807, 2.05) is 0 Å². The number of thiophene rings is 1. The van der Waals surface area contributed by atoms with Crippen LogP contribution in [0.5, 0.6) is 0 Å². The van der Waals surface area contributed by atoms with Crippen molar-refractivity contribution in [3.05, 3.63) is 21.9 Å². The average molecular weight is 199 g/mol. The van der Waals surface area contributed by atoms with Gasteiger partial charge in [-0.15, -0.1) is 11.3 Å². The topological polar surface area (TPSA) is 32.3 Å². The second-order valence-corrected chi connectivity index (χ2v) is 4.04. The van der Waals surface area contributed by atoms with Crippen LogP contribution < -0.4 is 5.32 Å². The van der Waals surface area contributed by atoms with Crippen LogP contribution in [0.25, 0.3) is 0 Å². The van der Waals surface area contributed by atoms with E-state index in [1.165, 1.54) is 10.4 Å². The van der Waals surface area contributed by atoms with Crippen molar-refractivity contribution in [2.24, 2.45) is 0 Å². The van der Waals surface area contributed by atoms with Gasteiger partial charge in [-0.1, -0.05) is 6.92 Å². The zero-order valence-corrected chi connectivity index (χ0v) is 9.03. The van der Waals surface area contributed by atoms with Crippen LogP contribution in [0.1, 0.15) is 29.8 Å². The maximum Gasteiger partial charge on any atom is 0.0449 e. The minimum Gasteiger partial charge on any atom is -0.396 e. The second-order valence-electron chi connectivity index (χ2n) is 3.09. The first-order chi connectivity index (χ1) is 6.29. The summed E-state index contributed by atoms with van der Waals surface area (Å²) in [6.07, 6.45) is 0.801. The average Bonchev–Trinajstić information content (AvgIpc) is 2.51. The minimum absolute atomic E-state index is 0.245. The second kappa shape index (κ2) is 5.37. The highest BCUT2D eigenvalue weighted by Crippen LogP contribution is 2.25. The fourth-order valence-electron chi connectivity index (χ4n) is 1.44. The lowest BCUT2D eigenvalue weighted by Gasteiger charge is -2.16. The van der Waals surface area contributed by atoms with E-state index in [0.717, 1.165) is 13.0 Å². The monoisotopic (exact) mass is 199 g/mol. The summed E-state index contributed by atoms with van der Waals surface area (Å²) in [4.78, 5) is 1.36. The number of hydrogen-bond donors (Lipinski definition) is 2. The Bertz CT molecular complexity index is 241. The molecule has 0 radical (unpaired) electrons. The first-order valence-corrected chi connectivity index (χ1v) is 5.55. The molecule has 2 N–H and O–H groups in total. The standard InChI is InChI=1S/C10H17NOS/c1-3-11-9(4-6-12)10-8(2)5-7-13-10/h5,7,9,11-12H,3-4,6H2,1-2H3. The highest BCUT2D eigenvalue weighted by atomic mass is 32.1. The molecule has 0 amide bonds. The number of aliphatic hydroxyl groups excluding tert-OH is 1. The molecule has 0 aromatic carbocycles. The molecule has 0 fully saturated rings. The fourth-order valence-corrected chi connectivity index (χ4v) is 2.48. The fraction of sp³-hybridized carbons (Fsp3) is 0.600. The molecule has 1 aromatic rings. The van der Waals surface area contributed by atoms with Crippen LogP contribution in [0.3, 0.4) is 0 Å². The Balaban J connectivity index is 2.69. The Morgan fingerprint density at radius 2 is 2.38 bits per heavy atom. The molecule has 0 saturated carbocycles. The maximum atomic E-state index is 8.92. The van der Waals surface area contributed by atoms with Crippen LogP contribution in [-0.4, -0.2) is 18.3 Å². The number of nitrogens with one attached hydrogen (secondary N) is 1. The first kappa shape index (κ1) is 10.7. The van der Waals surface area contributed by atoms with Crippen molar-refractivity contribution in [1.29, 1.82) is 0 Å². The van der Waals surface area contributed by atoms with Crippen LogP contribution in [0.4, 0.5) is 0 Å². The summed E-state index contributed by atoms with van der Waals surface area (Å²) in [5, 5.41) is 14.4. The van der Waals surface area contributed by atoms with E-state index in [-0.39, 0.29) is 6.61 Å². The van der Waals surface area contributed by atoms with Crippen molar-refractivity contribution >= 4 is 11.3 Å². The Kier molecular flexibility index (Phi) is 4.42. The predicted molar refractivity (Wildman–Crippen MR) is 57.2 cm³/mol. The summed E-state index contributed by atoms with van der Waals surface area (Å²) in [5.41, 5.74) is 1.32. The lowest BCUT2D eigenvalue weighted by Crippen LogP contribution is -2.21. The Labute approximate surface area is 83.6 Å². The predicted octanol–water partition coefficient (Wildman–Crippen LogP) is 2.09. The van der Waals surface area contributed by atoms with E-state index in [4.69, 9.17) is 5.11 Å². The molecule has 13 heavy (non-hydrogen) atoms. The van der Waals surface area contributed by atoms with E-state index >= 15 is 0 Å². The van der Waals surface area contributed by atoms with Crippen molar-refractivity contribution in [1.82, 2.24) is 5.32 Å². The van der Waals surface area contributed by atoms with Crippen LogP contribution >= 0.6 is 11.3 Å². The van der Waals surface area contributed by atoms with Crippen molar-refractivity contribution in [3.8, 4) is 0 Å². The largest absolute Gasteiger partial charge is 0.396 e. The molecule has 1 rings (SSSR count). The molecule has 0 aliphatic rings. The summed E-state index contributed by atoms with van der Waals surface area (Å²) in [7, 11) is 0. The van der Waals surface area contributed by atoms with Crippen LogP contribution in [0, 0.1) is 6.92 Å². The van der Waals surface area contributed by atoms with Crippen molar-refractivity contribution in [2.45, 2.75) is 26.3 Å². The minimum atomic E-state index is 0.245. The molecule has 3 heteroatoms. The van der Waals surface area contributed by atoms with Gasteiger partial charge in [-0.05, 0) is 36.9 Å². The van der Waals surface area contributed by atoms with Crippen LogP contribution in [0.15, 0.2) is 11.4 Å². The lowest BCUT2D eigenvalue weighted by atomic mass is 10.1. The molecule has 1 atom stereocenters. The number of hydrogen-bond acceptors (Lipinski definition) is 3. The van der Waals surface area contributed by atoms with Gasteiger partial charge < -0.3 is 10.4 Å². The smallest absolute Gasteiger partial charge is 0.0449 e. The van der Waals surface area contributed by atoms with Gasteiger partial charge >= 0.3 is 0 Å². The summed E-state index contributed by atoms with van der Waals surface area (Å²) >= 11 is 1.76. The summed E-state index contributed by atoms with van der Waals surface area (Å²) in [6.45, 7) is 5.40. The molecule has 0 spiro atoms. The molecular formula is C10H17NOS. The van der Waals surface area contributed by atoms with Gasteiger partial charge in [-0.3, -0.25) is 0 Å². The molecule has 0 aliphatic heterocycles. The van der Waals surface area contributed by atoms with Gasteiger partial charge in [-0.25, -0.2) is 0 Å². The highest BCUT2D eigenvalue weighted by Gasteiger charge is 2.12. The van der Waals surface area contributed by atoms with Gasteiger partial charge in [0, 0.05) is 17.5 Å². The van der Waals surface area contributed by atoms with Crippen LogP contribution in [-0.2, 0) is 0 Å². The first-order valence-electron chi connectivity index (χ1n) is 4.67. The quantitative estimate of drug-likeness (QED) is 0.761. The van der Waals surface area contributed by atoms with E-state index in [2.05, 4.69) is 30.6 Å². The zero-order chi connectivity index (χ0) is 9.68. The molecule has 1 heterocycles. The highest BCUT2D eigenvalue weighted by molar-refractivity contribution is 7.10. The number of rotatable bonds is 5. The summed E-state index contributed by atoms with van der Waals surface area (Å²) in [6, 6.07) is 2.46. The third kappa shape index (κ3) is 2.79. The van der Waals surface area contributed by atoms with Crippen LogP contribution in [0.2, 0.25) is 0 Å². The third-order valence-corrected chi connectivity index (χ3v) is 3.22. The van der Waals surface area contributed by atoms with E-state index in [0.29, 0.717) is 6.04 Å². The zero-order valence-electron chi connectivity index (χ0n) is 8.21. The normalized spacial score (nSPS) is 13.2. The lowest BCUT2D eigenvalue weighted by molar-refractivity contribution is 0.267. The molecule has 2 nitrogen and oxygen atoms in total. The Hall–Kier alpha value is -0.380. The Morgan fingerprint density at radius 3 is 2.85 bits per heavy atom. The summed E-state index contributed by atoms with van der Waals surface area (Å²) in [5.74, 6) is 0. The molecule has 0 aliphatic carbocycles. The van der Waals surface area contributed by atoms with Crippen molar-refractivity contribution < 1.29 is 5.11 Å². The van der Waals surface area contributed by atoms with E-state index in [9.17, 15) is 0 Å². The van der Waals surface area contributed by atoms with Crippen molar-refractivity contribution in [2.75, 3.05) is 13.2 Å². The summed E-state index contributed by atoms with van der Waals surface area (Å²) < 4.78 is 0. The van der Waals surface area contributed by atoms with Crippen molar-refractivity contribution in [3.63, 3.8) is 0 Å².